The molecule has 6 rings (SSSR count). The maximum atomic E-state index is 12.5. The predicted octanol–water partition coefficient (Wildman–Crippen LogP) is 6.90. The lowest BCUT2D eigenvalue weighted by Crippen LogP contribution is -2.31. The van der Waals surface area contributed by atoms with Gasteiger partial charge >= 0.3 is 0 Å². The number of carbonyl (C=O) groups is 1. The number of nitrogens with zero attached hydrogens (tertiary/aromatic N) is 2. The van der Waals surface area contributed by atoms with Crippen molar-refractivity contribution in [1.82, 2.24) is 15.3 Å². The van der Waals surface area contributed by atoms with E-state index in [1.54, 1.807) is 42.4 Å². The van der Waals surface area contributed by atoms with E-state index in [0.717, 1.165) is 33.4 Å². The average Bonchev–Trinajstić information content (AvgIpc) is 3.10. The molecular weight excluding hydrogens is 570 g/mol. The summed E-state index contributed by atoms with van der Waals surface area (Å²) in [5.41, 5.74) is 6.55. The van der Waals surface area contributed by atoms with Gasteiger partial charge < -0.3 is 19.9 Å². The molecule has 0 bridgehead atoms. The second-order valence-corrected chi connectivity index (χ2v) is 11.6. The zero-order valence-corrected chi connectivity index (χ0v) is 24.9. The predicted molar refractivity (Wildman–Crippen MR) is 171 cm³/mol. The van der Waals surface area contributed by atoms with Gasteiger partial charge in [-0.3, -0.25) is 4.79 Å². The number of ether oxygens (including phenoxy) is 2. The first kappa shape index (κ1) is 29.7. The van der Waals surface area contributed by atoms with E-state index >= 15 is 0 Å². The summed E-state index contributed by atoms with van der Waals surface area (Å²) in [5.74, 6) is 0.586. The lowest BCUT2D eigenvalue weighted by Gasteiger charge is -2.36. The molecule has 1 aliphatic rings. The van der Waals surface area contributed by atoms with Crippen LogP contribution in [0.25, 0.3) is 11.1 Å². The molecule has 1 fully saturated rings. The van der Waals surface area contributed by atoms with Gasteiger partial charge in [-0.2, -0.15) is 0 Å². The highest BCUT2D eigenvalue weighted by Gasteiger charge is 2.32. The minimum atomic E-state index is -0.568. The molecule has 4 aromatic carbocycles. The molecule has 0 radical (unpaired) electrons. The molecule has 44 heavy (non-hydrogen) atoms. The summed E-state index contributed by atoms with van der Waals surface area (Å²) in [6.45, 7) is 0.429. The minimum absolute atomic E-state index is 0.00126. The van der Waals surface area contributed by atoms with Gasteiger partial charge in [0.1, 0.15) is 0 Å². The molecule has 0 aliphatic carbocycles. The molecule has 3 atom stereocenters. The van der Waals surface area contributed by atoms with E-state index in [1.165, 1.54) is 0 Å². The number of amides is 1. The summed E-state index contributed by atoms with van der Waals surface area (Å²) in [6, 6.07) is 35.3. The van der Waals surface area contributed by atoms with Crippen molar-refractivity contribution in [2.24, 2.45) is 0 Å². The van der Waals surface area contributed by atoms with Gasteiger partial charge in [0.15, 0.2) is 11.4 Å². The molecule has 7 nitrogen and oxygen atoms in total. The first-order valence-corrected chi connectivity index (χ1v) is 15.6. The first-order valence-electron chi connectivity index (χ1n) is 14.6. The highest BCUT2D eigenvalue weighted by atomic mass is 32.2. The number of aliphatic hydroxyl groups is 1. The maximum absolute atomic E-state index is 12.5. The fourth-order valence-electron chi connectivity index (χ4n) is 5.15. The topological polar surface area (TPSA) is 93.6 Å². The van der Waals surface area contributed by atoms with Gasteiger partial charge in [0.2, 0.25) is 0 Å². The van der Waals surface area contributed by atoms with Crippen molar-refractivity contribution in [3.63, 3.8) is 0 Å². The summed E-state index contributed by atoms with van der Waals surface area (Å²) in [6.07, 6.45) is 3.33. The van der Waals surface area contributed by atoms with Crippen molar-refractivity contribution in [3.05, 3.63) is 149 Å². The number of thioether (sulfide) groups is 1. The van der Waals surface area contributed by atoms with E-state index < -0.39 is 6.29 Å². The molecular formula is C36H33N3O4S. The highest BCUT2D eigenvalue weighted by molar-refractivity contribution is 7.99. The van der Waals surface area contributed by atoms with Gasteiger partial charge in [-0.1, -0.05) is 90.6 Å². The fourth-order valence-corrected chi connectivity index (χ4v) is 5.97. The first-order chi connectivity index (χ1) is 21.6. The molecule has 0 saturated carbocycles. The largest absolute Gasteiger partial charge is 0.392 e. The van der Waals surface area contributed by atoms with Gasteiger partial charge in [-0.15, -0.1) is 0 Å². The van der Waals surface area contributed by atoms with Crippen LogP contribution in [0.5, 0.6) is 0 Å². The van der Waals surface area contributed by atoms with Crippen LogP contribution in [0.15, 0.2) is 127 Å². The van der Waals surface area contributed by atoms with Crippen LogP contribution in [0.1, 0.15) is 51.4 Å². The van der Waals surface area contributed by atoms with Crippen LogP contribution in [0.2, 0.25) is 0 Å². The molecule has 8 heteroatoms. The van der Waals surface area contributed by atoms with Crippen LogP contribution in [0.3, 0.4) is 0 Å². The third kappa shape index (κ3) is 7.59. The number of aromatic nitrogens is 2. The van der Waals surface area contributed by atoms with Crippen molar-refractivity contribution >= 4 is 17.7 Å². The SMILES string of the molecule is O=C(NCc1cccc(-c2cccc([C@H]3O[C@@H](CSc4ncccn4)C[C@@H](c4ccc(CO)cc4)O3)c2)c1)c1ccccc1. The van der Waals surface area contributed by atoms with E-state index in [0.29, 0.717) is 29.4 Å². The molecule has 2 heterocycles. The number of hydrogen-bond donors (Lipinski definition) is 2. The van der Waals surface area contributed by atoms with Crippen LogP contribution in [-0.2, 0) is 22.6 Å². The smallest absolute Gasteiger partial charge is 0.251 e. The van der Waals surface area contributed by atoms with Crippen molar-refractivity contribution in [1.29, 1.82) is 0 Å². The Hall–Kier alpha value is -4.34. The standard InChI is InChI=1S/C36H33N3O4S/c40-23-25-13-15-27(16-14-25)33-21-32(24-44-36-37-17-6-18-38-36)42-35(43-33)31-12-5-11-30(20-31)29-10-4-7-26(19-29)22-39-34(41)28-8-2-1-3-9-28/h1-20,32-33,35,40H,21-24H2,(H,39,41)/t32-,33+,35+/m1/s1. The van der Waals surface area contributed by atoms with E-state index in [-0.39, 0.29) is 24.7 Å². The van der Waals surface area contributed by atoms with Crippen molar-refractivity contribution in [2.75, 3.05) is 5.75 Å². The Bertz CT molecular complexity index is 1670. The quantitative estimate of drug-likeness (QED) is 0.132. The molecule has 2 N–H and O–H groups in total. The summed E-state index contributed by atoms with van der Waals surface area (Å²) in [5, 5.41) is 13.2. The average molecular weight is 604 g/mol. The lowest BCUT2D eigenvalue weighted by molar-refractivity contribution is -0.245. The lowest BCUT2D eigenvalue weighted by atomic mass is 9.99. The van der Waals surface area contributed by atoms with Crippen LogP contribution >= 0.6 is 11.8 Å². The number of rotatable bonds is 10. The second-order valence-electron chi connectivity index (χ2n) is 10.6. The van der Waals surface area contributed by atoms with Crippen molar-refractivity contribution in [2.45, 2.75) is 43.2 Å². The van der Waals surface area contributed by atoms with E-state index in [2.05, 4.69) is 39.6 Å². The summed E-state index contributed by atoms with van der Waals surface area (Å²) >= 11 is 1.57. The molecule has 1 amide bonds. The molecule has 5 aromatic rings. The molecule has 222 valence electrons. The highest BCUT2D eigenvalue weighted by Crippen LogP contribution is 2.40. The maximum Gasteiger partial charge on any atom is 0.251 e. The normalized spacial score (nSPS) is 18.1. The third-order valence-corrected chi connectivity index (χ3v) is 8.47. The van der Waals surface area contributed by atoms with Gasteiger partial charge in [-0.05, 0) is 58.1 Å². The van der Waals surface area contributed by atoms with Crippen LogP contribution < -0.4 is 5.32 Å². The Morgan fingerprint density at radius 2 is 1.55 bits per heavy atom. The zero-order chi connectivity index (χ0) is 30.1. The molecule has 1 saturated heterocycles. The Morgan fingerprint density at radius 3 is 2.32 bits per heavy atom. The Kier molecular flexibility index (Phi) is 9.74. The number of carbonyl (C=O) groups excluding carboxylic acids is 1. The van der Waals surface area contributed by atoms with Crippen LogP contribution in [0.4, 0.5) is 0 Å². The second kappa shape index (κ2) is 14.4. The van der Waals surface area contributed by atoms with Gasteiger partial charge in [-0.25, -0.2) is 9.97 Å². The Morgan fingerprint density at radius 1 is 0.795 bits per heavy atom. The number of benzene rings is 4. The number of aliphatic hydroxyl groups excluding tert-OH is 1. The zero-order valence-electron chi connectivity index (χ0n) is 24.1. The molecule has 0 unspecified atom stereocenters. The number of hydrogen-bond acceptors (Lipinski definition) is 7. The fraction of sp³-hybridized carbons (Fsp3) is 0.194. The summed E-state index contributed by atoms with van der Waals surface area (Å²) in [4.78, 5) is 21.2. The molecule has 1 aromatic heterocycles. The van der Waals surface area contributed by atoms with E-state index in [4.69, 9.17) is 9.47 Å². The molecule has 1 aliphatic heterocycles. The van der Waals surface area contributed by atoms with E-state index in [9.17, 15) is 9.90 Å². The third-order valence-electron chi connectivity index (χ3n) is 7.46. The van der Waals surface area contributed by atoms with Crippen molar-refractivity contribution < 1.29 is 19.4 Å². The monoisotopic (exact) mass is 603 g/mol. The summed E-state index contributed by atoms with van der Waals surface area (Å²) in [7, 11) is 0. The van der Waals surface area contributed by atoms with Crippen molar-refractivity contribution in [3.8, 4) is 11.1 Å². The Balaban J connectivity index is 1.20. The van der Waals surface area contributed by atoms with Crippen LogP contribution in [-0.4, -0.2) is 32.8 Å². The van der Waals surface area contributed by atoms with Crippen LogP contribution in [0, 0.1) is 0 Å². The summed E-state index contributed by atoms with van der Waals surface area (Å²) < 4.78 is 13.1. The van der Waals surface area contributed by atoms with Gasteiger partial charge in [0, 0.05) is 42.2 Å². The number of nitrogens with one attached hydrogen (secondary N) is 1. The van der Waals surface area contributed by atoms with E-state index in [1.807, 2.05) is 66.7 Å². The Labute approximate surface area is 261 Å². The minimum Gasteiger partial charge on any atom is -0.392 e. The molecule has 0 spiro atoms. The van der Waals surface area contributed by atoms with Gasteiger partial charge in [0.05, 0.1) is 18.8 Å². The van der Waals surface area contributed by atoms with Gasteiger partial charge in [0.25, 0.3) is 5.91 Å².